The lowest BCUT2D eigenvalue weighted by Crippen LogP contribution is -2.50. The molecule has 1 saturated heterocycles. The average Bonchev–Trinajstić information content (AvgIpc) is 2.49. The highest BCUT2D eigenvalue weighted by atomic mass is 35.5. The molecule has 3 rings (SSSR count). The highest BCUT2D eigenvalue weighted by Crippen LogP contribution is 2.30. The normalized spacial score (nSPS) is 26.4. The molecule has 1 aliphatic heterocycles. The Morgan fingerprint density at radius 2 is 1.95 bits per heavy atom. The van der Waals surface area contributed by atoms with Gasteiger partial charge in [0.2, 0.25) is 0 Å². The maximum Gasteiger partial charge on any atom is 0.0951 e. The molecular weight excluding hydrogens is 270 g/mol. The summed E-state index contributed by atoms with van der Waals surface area (Å²) in [6.07, 6.45) is 0.0606. The van der Waals surface area contributed by atoms with Crippen molar-refractivity contribution in [2.45, 2.75) is 18.6 Å². The molecule has 2 aromatic rings. The maximum atomic E-state index is 6.07. The van der Waals surface area contributed by atoms with E-state index >= 15 is 0 Å². The summed E-state index contributed by atoms with van der Waals surface area (Å²) in [7, 11) is 0. The molecule has 2 unspecified atom stereocenters. The van der Waals surface area contributed by atoms with Crippen molar-refractivity contribution in [1.82, 2.24) is 5.32 Å². The van der Waals surface area contributed by atoms with Crippen LogP contribution in [0, 0.1) is 0 Å². The van der Waals surface area contributed by atoms with Crippen LogP contribution in [0.3, 0.4) is 0 Å². The van der Waals surface area contributed by atoms with E-state index in [-0.39, 0.29) is 11.6 Å². The molecule has 0 radical (unpaired) electrons. The average molecular weight is 288 g/mol. The Bertz CT molecular complexity index is 577. The summed E-state index contributed by atoms with van der Waals surface area (Å²) in [5.41, 5.74) is 2.25. The maximum absolute atomic E-state index is 6.07. The SMILES string of the molecule is CC1(c2ccccc2)COC(c2cccc(Cl)c2)CN1. The predicted molar refractivity (Wildman–Crippen MR) is 81.9 cm³/mol. The standard InChI is InChI=1S/C17H18ClNO/c1-17(14-7-3-2-4-8-14)12-20-16(11-19-17)13-6-5-9-15(18)10-13/h2-10,16,19H,11-12H2,1H3. The second kappa shape index (κ2) is 5.57. The van der Waals surface area contributed by atoms with Crippen molar-refractivity contribution < 1.29 is 4.74 Å². The Kier molecular flexibility index (Phi) is 3.79. The first-order valence-electron chi connectivity index (χ1n) is 6.85. The molecule has 0 saturated carbocycles. The van der Waals surface area contributed by atoms with Gasteiger partial charge in [-0.1, -0.05) is 54.1 Å². The molecule has 0 bridgehead atoms. The molecule has 20 heavy (non-hydrogen) atoms. The summed E-state index contributed by atoms with van der Waals surface area (Å²) in [5, 5.41) is 4.36. The third-order valence-corrected chi connectivity index (χ3v) is 4.12. The second-order valence-electron chi connectivity index (χ2n) is 5.43. The van der Waals surface area contributed by atoms with Gasteiger partial charge in [0.15, 0.2) is 0 Å². The molecule has 2 nitrogen and oxygen atoms in total. The van der Waals surface area contributed by atoms with Gasteiger partial charge in [-0.05, 0) is 30.2 Å². The molecule has 0 spiro atoms. The first-order chi connectivity index (χ1) is 9.67. The summed E-state index contributed by atoms with van der Waals surface area (Å²) in [6.45, 7) is 3.61. The van der Waals surface area contributed by atoms with Gasteiger partial charge in [-0.3, -0.25) is 0 Å². The van der Waals surface area contributed by atoms with Crippen molar-refractivity contribution in [3.05, 3.63) is 70.7 Å². The topological polar surface area (TPSA) is 21.3 Å². The minimum Gasteiger partial charge on any atom is -0.370 e. The zero-order valence-electron chi connectivity index (χ0n) is 11.5. The van der Waals surface area contributed by atoms with Gasteiger partial charge in [-0.2, -0.15) is 0 Å². The molecule has 2 aromatic carbocycles. The predicted octanol–water partition coefficient (Wildman–Crippen LogP) is 3.92. The Hall–Kier alpha value is -1.35. The van der Waals surface area contributed by atoms with E-state index in [1.165, 1.54) is 5.56 Å². The zero-order chi connectivity index (χ0) is 14.0. The first-order valence-corrected chi connectivity index (χ1v) is 7.23. The molecule has 3 heteroatoms. The van der Waals surface area contributed by atoms with Crippen LogP contribution in [-0.2, 0) is 10.3 Å². The largest absolute Gasteiger partial charge is 0.370 e. The Balaban J connectivity index is 1.74. The monoisotopic (exact) mass is 287 g/mol. The van der Waals surface area contributed by atoms with Crippen LogP contribution in [-0.4, -0.2) is 13.2 Å². The van der Waals surface area contributed by atoms with Crippen molar-refractivity contribution in [2.24, 2.45) is 0 Å². The van der Waals surface area contributed by atoms with Gasteiger partial charge in [0.25, 0.3) is 0 Å². The second-order valence-corrected chi connectivity index (χ2v) is 5.87. The Morgan fingerprint density at radius 1 is 1.15 bits per heavy atom. The number of morpholine rings is 1. The van der Waals surface area contributed by atoms with Gasteiger partial charge >= 0.3 is 0 Å². The molecule has 0 aliphatic carbocycles. The van der Waals surface area contributed by atoms with Crippen LogP contribution >= 0.6 is 11.6 Å². The van der Waals surface area contributed by atoms with Crippen molar-refractivity contribution in [3.8, 4) is 0 Å². The van der Waals surface area contributed by atoms with E-state index in [2.05, 4.69) is 42.6 Å². The number of rotatable bonds is 2. The number of halogens is 1. The van der Waals surface area contributed by atoms with Crippen molar-refractivity contribution in [1.29, 1.82) is 0 Å². The van der Waals surface area contributed by atoms with Crippen LogP contribution in [0.25, 0.3) is 0 Å². The highest BCUT2D eigenvalue weighted by molar-refractivity contribution is 6.30. The minimum atomic E-state index is -0.129. The number of hydrogen-bond donors (Lipinski definition) is 1. The van der Waals surface area contributed by atoms with E-state index in [0.29, 0.717) is 6.61 Å². The third kappa shape index (κ3) is 2.73. The van der Waals surface area contributed by atoms with Crippen LogP contribution < -0.4 is 5.32 Å². The fourth-order valence-corrected chi connectivity index (χ4v) is 2.81. The first kappa shape index (κ1) is 13.6. The van der Waals surface area contributed by atoms with Gasteiger partial charge in [0, 0.05) is 11.6 Å². The van der Waals surface area contributed by atoms with Crippen LogP contribution in [0.5, 0.6) is 0 Å². The molecule has 1 heterocycles. The van der Waals surface area contributed by atoms with Crippen LogP contribution in [0.1, 0.15) is 24.2 Å². The van der Waals surface area contributed by atoms with E-state index in [1.807, 2.05) is 24.3 Å². The van der Waals surface area contributed by atoms with Crippen LogP contribution in [0.15, 0.2) is 54.6 Å². The number of ether oxygens (including phenoxy) is 1. The fraction of sp³-hybridized carbons (Fsp3) is 0.294. The van der Waals surface area contributed by atoms with E-state index in [9.17, 15) is 0 Å². The molecule has 1 fully saturated rings. The smallest absolute Gasteiger partial charge is 0.0951 e. The minimum absolute atomic E-state index is 0.0606. The van der Waals surface area contributed by atoms with Crippen LogP contribution in [0.2, 0.25) is 5.02 Å². The zero-order valence-corrected chi connectivity index (χ0v) is 12.2. The lowest BCUT2D eigenvalue weighted by Gasteiger charge is -2.39. The van der Waals surface area contributed by atoms with Gasteiger partial charge in [-0.25, -0.2) is 0 Å². The van der Waals surface area contributed by atoms with E-state index in [4.69, 9.17) is 16.3 Å². The number of benzene rings is 2. The Morgan fingerprint density at radius 3 is 2.60 bits per heavy atom. The fourth-order valence-electron chi connectivity index (χ4n) is 2.61. The van der Waals surface area contributed by atoms with E-state index in [0.717, 1.165) is 17.1 Å². The quantitative estimate of drug-likeness (QED) is 0.904. The Labute approximate surface area is 124 Å². The van der Waals surface area contributed by atoms with Crippen molar-refractivity contribution >= 4 is 11.6 Å². The molecule has 0 amide bonds. The molecule has 104 valence electrons. The van der Waals surface area contributed by atoms with Crippen molar-refractivity contribution in [3.63, 3.8) is 0 Å². The molecule has 1 aliphatic rings. The third-order valence-electron chi connectivity index (χ3n) is 3.88. The molecule has 2 atom stereocenters. The number of hydrogen-bond acceptors (Lipinski definition) is 2. The lowest BCUT2D eigenvalue weighted by atomic mass is 9.91. The molecule has 0 aromatic heterocycles. The summed E-state index contributed by atoms with van der Waals surface area (Å²) < 4.78 is 6.07. The van der Waals surface area contributed by atoms with E-state index in [1.54, 1.807) is 0 Å². The van der Waals surface area contributed by atoms with Gasteiger partial charge < -0.3 is 10.1 Å². The van der Waals surface area contributed by atoms with Gasteiger partial charge in [0.05, 0.1) is 18.2 Å². The highest BCUT2D eigenvalue weighted by Gasteiger charge is 2.33. The van der Waals surface area contributed by atoms with Gasteiger partial charge in [0.1, 0.15) is 0 Å². The summed E-state index contributed by atoms with van der Waals surface area (Å²) in [6, 6.07) is 18.3. The van der Waals surface area contributed by atoms with E-state index < -0.39 is 0 Å². The summed E-state index contributed by atoms with van der Waals surface area (Å²) in [4.78, 5) is 0. The number of nitrogens with one attached hydrogen (secondary N) is 1. The van der Waals surface area contributed by atoms with Crippen LogP contribution in [0.4, 0.5) is 0 Å². The molecular formula is C17H18ClNO. The lowest BCUT2D eigenvalue weighted by molar-refractivity contribution is -0.0307. The summed E-state index contributed by atoms with van der Waals surface area (Å²) in [5.74, 6) is 0. The summed E-state index contributed by atoms with van der Waals surface area (Å²) >= 11 is 6.04. The molecule has 1 N–H and O–H groups in total. The van der Waals surface area contributed by atoms with Gasteiger partial charge in [-0.15, -0.1) is 0 Å². The van der Waals surface area contributed by atoms with Crippen molar-refractivity contribution in [2.75, 3.05) is 13.2 Å².